The van der Waals surface area contributed by atoms with Gasteiger partial charge in [0.1, 0.15) is 5.75 Å². The van der Waals surface area contributed by atoms with E-state index in [0.29, 0.717) is 19.4 Å². The molecule has 1 aromatic rings. The summed E-state index contributed by atoms with van der Waals surface area (Å²) in [6.07, 6.45) is 7.16. The molecule has 0 unspecified atom stereocenters. The molecule has 3 heteroatoms. The zero-order valence-electron chi connectivity index (χ0n) is 9.03. The van der Waals surface area contributed by atoms with Crippen LogP contribution in [0, 0.1) is 0 Å². The van der Waals surface area contributed by atoms with E-state index in [2.05, 4.69) is 17.5 Å². The van der Waals surface area contributed by atoms with Gasteiger partial charge in [-0.2, -0.15) is 0 Å². The fourth-order valence-corrected chi connectivity index (χ4v) is 1.62. The lowest BCUT2D eigenvalue weighted by Crippen LogP contribution is -2.05. The minimum atomic E-state index is 0.437. The molecule has 1 heterocycles. The maximum Gasteiger partial charge on any atom is 0.198 e. The van der Waals surface area contributed by atoms with E-state index < -0.39 is 0 Å². The van der Waals surface area contributed by atoms with E-state index in [1.165, 1.54) is 0 Å². The van der Waals surface area contributed by atoms with Crippen LogP contribution in [-0.4, -0.2) is 19.4 Å². The van der Waals surface area contributed by atoms with Crippen LogP contribution in [-0.2, 0) is 4.79 Å². The topological polar surface area (TPSA) is 38.3 Å². The van der Waals surface area contributed by atoms with Gasteiger partial charge in [0.05, 0.1) is 6.61 Å². The van der Waals surface area contributed by atoms with Crippen molar-refractivity contribution in [2.45, 2.75) is 12.8 Å². The van der Waals surface area contributed by atoms with E-state index in [9.17, 15) is 4.79 Å². The molecule has 1 radical (unpaired) electrons. The molecule has 0 aliphatic carbocycles. The van der Waals surface area contributed by atoms with Crippen molar-refractivity contribution in [3.63, 3.8) is 0 Å². The Labute approximate surface area is 95.1 Å². The first-order chi connectivity index (χ1) is 7.90. The summed E-state index contributed by atoms with van der Waals surface area (Å²) in [5, 5.41) is 3.27. The van der Waals surface area contributed by atoms with Gasteiger partial charge < -0.3 is 10.1 Å². The molecule has 0 atom stereocenters. The SMILES string of the molecule is O=[C]CCCOc1ccc2c(c1)C=CCN2. The number of carbonyl (C=O) groups excluding carboxylic acids is 1. The summed E-state index contributed by atoms with van der Waals surface area (Å²) in [6, 6.07) is 5.96. The maximum atomic E-state index is 10.0. The number of benzene rings is 1. The van der Waals surface area contributed by atoms with Crippen LogP contribution in [0.2, 0.25) is 0 Å². The lowest BCUT2D eigenvalue weighted by molar-refractivity contribution is 0.312. The highest BCUT2D eigenvalue weighted by Gasteiger charge is 2.04. The van der Waals surface area contributed by atoms with Gasteiger partial charge in [-0.15, -0.1) is 0 Å². The molecule has 1 aromatic carbocycles. The molecule has 1 aliphatic heterocycles. The summed E-state index contributed by atoms with van der Waals surface area (Å²) in [6.45, 7) is 1.44. The smallest absolute Gasteiger partial charge is 0.198 e. The minimum absolute atomic E-state index is 0.437. The van der Waals surface area contributed by atoms with Gasteiger partial charge in [0.25, 0.3) is 0 Å². The summed E-state index contributed by atoms with van der Waals surface area (Å²) >= 11 is 0. The van der Waals surface area contributed by atoms with Crippen molar-refractivity contribution in [3.05, 3.63) is 29.8 Å². The summed E-state index contributed by atoms with van der Waals surface area (Å²) in [7, 11) is 0. The molecule has 1 N–H and O–H groups in total. The molecule has 0 saturated heterocycles. The van der Waals surface area contributed by atoms with E-state index in [-0.39, 0.29) is 0 Å². The Bertz CT molecular complexity index is 399. The normalized spacial score (nSPS) is 12.8. The molecular weight excluding hydrogens is 202 g/mol. The fraction of sp³-hybridized carbons (Fsp3) is 0.308. The van der Waals surface area contributed by atoms with Gasteiger partial charge >= 0.3 is 0 Å². The van der Waals surface area contributed by atoms with Gasteiger partial charge in [0.2, 0.25) is 0 Å². The highest BCUT2D eigenvalue weighted by molar-refractivity contribution is 5.71. The van der Waals surface area contributed by atoms with Crippen molar-refractivity contribution in [1.29, 1.82) is 0 Å². The van der Waals surface area contributed by atoms with Crippen molar-refractivity contribution in [3.8, 4) is 5.75 Å². The zero-order chi connectivity index (χ0) is 11.2. The first-order valence-corrected chi connectivity index (χ1v) is 5.42. The third kappa shape index (κ3) is 2.63. The quantitative estimate of drug-likeness (QED) is 0.768. The Morgan fingerprint density at radius 3 is 3.25 bits per heavy atom. The second-order valence-electron chi connectivity index (χ2n) is 3.63. The van der Waals surface area contributed by atoms with E-state index >= 15 is 0 Å². The van der Waals surface area contributed by atoms with Gasteiger partial charge in [0, 0.05) is 24.2 Å². The van der Waals surface area contributed by atoms with Crippen LogP contribution in [0.15, 0.2) is 24.3 Å². The molecule has 0 amide bonds. The lowest BCUT2D eigenvalue weighted by Gasteiger charge is -2.14. The van der Waals surface area contributed by atoms with Crippen molar-refractivity contribution in [2.75, 3.05) is 18.5 Å². The van der Waals surface area contributed by atoms with Crippen LogP contribution < -0.4 is 10.1 Å². The number of unbranched alkanes of at least 4 members (excludes halogenated alkanes) is 1. The van der Waals surface area contributed by atoms with Gasteiger partial charge in [-0.3, -0.25) is 4.79 Å². The van der Waals surface area contributed by atoms with Gasteiger partial charge in [-0.25, -0.2) is 0 Å². The molecular formula is C13H14NO2. The van der Waals surface area contributed by atoms with Gasteiger partial charge in [-0.05, 0) is 24.6 Å². The average molecular weight is 216 g/mol. The fourth-order valence-electron chi connectivity index (χ4n) is 1.62. The first-order valence-electron chi connectivity index (χ1n) is 5.42. The molecule has 3 nitrogen and oxygen atoms in total. The van der Waals surface area contributed by atoms with Crippen molar-refractivity contribution >= 4 is 18.0 Å². The molecule has 0 aromatic heterocycles. The number of rotatable bonds is 5. The van der Waals surface area contributed by atoms with Crippen LogP contribution >= 0.6 is 0 Å². The van der Waals surface area contributed by atoms with Crippen LogP contribution in [0.4, 0.5) is 5.69 Å². The second kappa shape index (κ2) is 5.35. The Morgan fingerprint density at radius 2 is 2.38 bits per heavy atom. The van der Waals surface area contributed by atoms with E-state index in [1.807, 2.05) is 24.5 Å². The highest BCUT2D eigenvalue weighted by atomic mass is 16.5. The Morgan fingerprint density at radius 1 is 1.44 bits per heavy atom. The summed E-state index contributed by atoms with van der Waals surface area (Å²) in [5.74, 6) is 0.845. The maximum absolute atomic E-state index is 10.0. The monoisotopic (exact) mass is 216 g/mol. The van der Waals surface area contributed by atoms with Crippen molar-refractivity contribution in [1.82, 2.24) is 0 Å². The third-order valence-corrected chi connectivity index (χ3v) is 2.42. The number of fused-ring (bicyclic) bond motifs is 1. The van der Waals surface area contributed by atoms with E-state index in [4.69, 9.17) is 4.74 Å². The highest BCUT2D eigenvalue weighted by Crippen LogP contribution is 2.25. The largest absolute Gasteiger partial charge is 0.494 e. The van der Waals surface area contributed by atoms with E-state index in [1.54, 1.807) is 0 Å². The Hall–Kier alpha value is -1.77. The number of hydrogen-bond donors (Lipinski definition) is 1. The predicted molar refractivity (Wildman–Crippen MR) is 64.4 cm³/mol. The van der Waals surface area contributed by atoms with Crippen LogP contribution in [0.3, 0.4) is 0 Å². The molecule has 0 saturated carbocycles. The molecule has 16 heavy (non-hydrogen) atoms. The Kier molecular flexibility index (Phi) is 3.59. The summed E-state index contributed by atoms with van der Waals surface area (Å²) < 4.78 is 5.53. The van der Waals surface area contributed by atoms with Crippen LogP contribution in [0.25, 0.3) is 6.08 Å². The molecule has 83 valence electrons. The zero-order valence-corrected chi connectivity index (χ0v) is 9.03. The Balaban J connectivity index is 1.96. The molecule has 0 bridgehead atoms. The number of ether oxygens (including phenoxy) is 1. The van der Waals surface area contributed by atoms with Gasteiger partial charge in [0.15, 0.2) is 6.29 Å². The summed E-state index contributed by atoms with van der Waals surface area (Å²) in [4.78, 5) is 10.0. The second-order valence-corrected chi connectivity index (χ2v) is 3.63. The summed E-state index contributed by atoms with van der Waals surface area (Å²) in [5.41, 5.74) is 2.28. The number of anilines is 1. The third-order valence-electron chi connectivity index (χ3n) is 2.42. The molecule has 1 aliphatic rings. The lowest BCUT2D eigenvalue weighted by atomic mass is 10.1. The minimum Gasteiger partial charge on any atom is -0.494 e. The molecule has 0 fully saturated rings. The molecule has 2 rings (SSSR count). The van der Waals surface area contributed by atoms with Crippen LogP contribution in [0.5, 0.6) is 5.75 Å². The van der Waals surface area contributed by atoms with E-state index in [0.717, 1.165) is 23.5 Å². The van der Waals surface area contributed by atoms with Crippen molar-refractivity contribution in [2.24, 2.45) is 0 Å². The number of nitrogens with one attached hydrogen (secondary N) is 1. The van der Waals surface area contributed by atoms with Crippen molar-refractivity contribution < 1.29 is 9.53 Å². The number of hydrogen-bond acceptors (Lipinski definition) is 3. The average Bonchev–Trinajstić information content (AvgIpc) is 2.34. The molecule has 0 spiro atoms. The standard InChI is InChI=1S/C13H14NO2/c15-8-1-2-9-16-12-5-6-13-11(10-12)4-3-7-14-13/h3-6,10,14H,1-2,7,9H2. The van der Waals surface area contributed by atoms with Crippen LogP contribution in [0.1, 0.15) is 18.4 Å². The predicted octanol–water partition coefficient (Wildman–Crippen LogP) is 2.39. The van der Waals surface area contributed by atoms with Gasteiger partial charge in [-0.1, -0.05) is 12.2 Å². The first kappa shape index (κ1) is 10.7.